The number of hydrogen-bond acceptors (Lipinski definition) is 4. The van der Waals surface area contributed by atoms with Crippen LogP contribution in [0.3, 0.4) is 0 Å². The van der Waals surface area contributed by atoms with Crippen molar-refractivity contribution in [2.24, 2.45) is 5.92 Å². The minimum atomic E-state index is -0.530. The molecule has 0 bridgehead atoms. The molecule has 2 rings (SSSR count). The van der Waals surface area contributed by atoms with E-state index in [4.69, 9.17) is 5.21 Å². The highest BCUT2D eigenvalue weighted by atomic mass is 16.5. The van der Waals surface area contributed by atoms with Crippen LogP contribution < -0.4 is 5.48 Å². The van der Waals surface area contributed by atoms with Gasteiger partial charge in [0.05, 0.1) is 11.1 Å². The van der Waals surface area contributed by atoms with Gasteiger partial charge in [-0.3, -0.25) is 24.5 Å². The monoisotopic (exact) mass is 290 g/mol. The molecule has 1 aromatic carbocycles. The van der Waals surface area contributed by atoms with Gasteiger partial charge in [-0.05, 0) is 24.5 Å². The smallest absolute Gasteiger partial charge is 0.261 e. The van der Waals surface area contributed by atoms with Gasteiger partial charge in [-0.1, -0.05) is 26.0 Å². The molecule has 6 nitrogen and oxygen atoms in total. The molecule has 0 fully saturated rings. The number of hydrogen-bond donors (Lipinski definition) is 2. The largest absolute Gasteiger partial charge is 0.289 e. The van der Waals surface area contributed by atoms with E-state index in [1.807, 2.05) is 13.8 Å². The topological polar surface area (TPSA) is 86.7 Å². The first-order chi connectivity index (χ1) is 9.97. The third-order valence-electron chi connectivity index (χ3n) is 3.72. The summed E-state index contributed by atoms with van der Waals surface area (Å²) in [7, 11) is 0. The van der Waals surface area contributed by atoms with E-state index < -0.39 is 5.91 Å². The van der Waals surface area contributed by atoms with Gasteiger partial charge >= 0.3 is 0 Å². The molecule has 1 aliphatic rings. The molecule has 112 valence electrons. The standard InChI is InChI=1S/C15H18N2O4/c1-9(2)12(7-8-13(18)16-21)17-14(19)10-5-3-4-6-11(10)15(17)20/h3-6,9,12,21H,7-8H2,1-2H3,(H,16,18)/t12-/m1/s1. The Morgan fingerprint density at radius 1 is 1.19 bits per heavy atom. The lowest BCUT2D eigenvalue weighted by Crippen LogP contribution is -2.43. The second kappa shape index (κ2) is 6.05. The van der Waals surface area contributed by atoms with Crippen LogP contribution in [0.1, 0.15) is 47.4 Å². The van der Waals surface area contributed by atoms with Gasteiger partial charge in [-0.15, -0.1) is 0 Å². The Morgan fingerprint density at radius 2 is 1.71 bits per heavy atom. The third kappa shape index (κ3) is 2.80. The third-order valence-corrected chi connectivity index (χ3v) is 3.72. The first-order valence-corrected chi connectivity index (χ1v) is 6.87. The van der Waals surface area contributed by atoms with Crippen molar-refractivity contribution in [1.82, 2.24) is 10.4 Å². The summed E-state index contributed by atoms with van der Waals surface area (Å²) >= 11 is 0. The minimum absolute atomic E-state index is 0.0127. The molecular formula is C15H18N2O4. The summed E-state index contributed by atoms with van der Waals surface area (Å²) in [6.07, 6.45) is 0.363. The van der Waals surface area contributed by atoms with E-state index in [0.29, 0.717) is 17.5 Å². The lowest BCUT2D eigenvalue weighted by atomic mass is 9.97. The van der Waals surface area contributed by atoms with Gasteiger partial charge in [-0.2, -0.15) is 0 Å². The SMILES string of the molecule is CC(C)[C@@H](CCC(=O)NO)N1C(=O)c2ccccc2C1=O. The Kier molecular flexibility index (Phi) is 4.37. The maximum absolute atomic E-state index is 12.4. The van der Waals surface area contributed by atoms with Crippen molar-refractivity contribution in [3.05, 3.63) is 35.4 Å². The van der Waals surface area contributed by atoms with Gasteiger partial charge in [-0.25, -0.2) is 5.48 Å². The maximum atomic E-state index is 12.4. The van der Waals surface area contributed by atoms with Crippen LogP contribution in [0.4, 0.5) is 0 Å². The Labute approximate surface area is 122 Å². The lowest BCUT2D eigenvalue weighted by molar-refractivity contribution is -0.129. The van der Waals surface area contributed by atoms with Crippen LogP contribution in [0.2, 0.25) is 0 Å². The minimum Gasteiger partial charge on any atom is -0.289 e. The molecule has 1 aliphatic heterocycles. The highest BCUT2D eigenvalue weighted by molar-refractivity contribution is 6.21. The molecule has 0 radical (unpaired) electrons. The Hall–Kier alpha value is -2.21. The molecule has 3 amide bonds. The molecule has 1 aromatic rings. The number of hydroxylamine groups is 1. The predicted molar refractivity (Wildman–Crippen MR) is 74.7 cm³/mol. The van der Waals surface area contributed by atoms with E-state index in [1.165, 1.54) is 4.90 Å². The number of carbonyl (C=O) groups excluding carboxylic acids is 3. The molecular weight excluding hydrogens is 272 g/mol. The summed E-state index contributed by atoms with van der Waals surface area (Å²) < 4.78 is 0. The van der Waals surface area contributed by atoms with Crippen LogP contribution in [-0.4, -0.2) is 33.9 Å². The Morgan fingerprint density at radius 3 is 2.14 bits per heavy atom. The van der Waals surface area contributed by atoms with Gasteiger partial charge in [0.2, 0.25) is 5.91 Å². The first-order valence-electron chi connectivity index (χ1n) is 6.87. The molecule has 0 aromatic heterocycles. The molecule has 21 heavy (non-hydrogen) atoms. The molecule has 1 heterocycles. The van der Waals surface area contributed by atoms with Crippen LogP contribution >= 0.6 is 0 Å². The van der Waals surface area contributed by atoms with Gasteiger partial charge in [0.25, 0.3) is 11.8 Å². The fourth-order valence-corrected chi connectivity index (χ4v) is 2.60. The van der Waals surface area contributed by atoms with E-state index in [-0.39, 0.29) is 30.2 Å². The fraction of sp³-hybridized carbons (Fsp3) is 0.400. The molecule has 0 spiro atoms. The van der Waals surface area contributed by atoms with Gasteiger partial charge in [0, 0.05) is 12.5 Å². The van der Waals surface area contributed by atoms with Crippen LogP contribution in [-0.2, 0) is 4.79 Å². The summed E-state index contributed by atoms with van der Waals surface area (Å²) in [5.74, 6) is -1.16. The molecule has 0 saturated heterocycles. The van der Waals surface area contributed by atoms with Crippen LogP contribution in [0.15, 0.2) is 24.3 Å². The van der Waals surface area contributed by atoms with E-state index in [1.54, 1.807) is 29.7 Å². The lowest BCUT2D eigenvalue weighted by Gasteiger charge is -2.29. The molecule has 2 N–H and O–H groups in total. The van der Waals surface area contributed by atoms with E-state index >= 15 is 0 Å². The molecule has 6 heteroatoms. The quantitative estimate of drug-likeness (QED) is 0.490. The first kappa shape index (κ1) is 15.2. The number of imide groups is 1. The van der Waals surface area contributed by atoms with Gasteiger partial charge in [0.1, 0.15) is 0 Å². The normalized spacial score (nSPS) is 15.3. The zero-order chi connectivity index (χ0) is 15.6. The van der Waals surface area contributed by atoms with Crippen molar-refractivity contribution in [1.29, 1.82) is 0 Å². The van der Waals surface area contributed by atoms with Crippen LogP contribution in [0.25, 0.3) is 0 Å². The van der Waals surface area contributed by atoms with E-state index in [2.05, 4.69) is 0 Å². The number of rotatable bonds is 5. The Bertz CT molecular complexity index is 548. The average Bonchev–Trinajstić information content (AvgIpc) is 2.72. The summed E-state index contributed by atoms with van der Waals surface area (Å²) in [4.78, 5) is 37.3. The number of nitrogens with one attached hydrogen (secondary N) is 1. The predicted octanol–water partition coefficient (Wildman–Crippen LogP) is 1.59. The number of amides is 3. The molecule has 1 atom stereocenters. The zero-order valence-electron chi connectivity index (χ0n) is 12.0. The number of carbonyl (C=O) groups is 3. The number of fused-ring (bicyclic) bond motifs is 1. The van der Waals surface area contributed by atoms with Crippen molar-refractivity contribution in [2.75, 3.05) is 0 Å². The zero-order valence-corrected chi connectivity index (χ0v) is 12.0. The van der Waals surface area contributed by atoms with Crippen molar-refractivity contribution in [3.8, 4) is 0 Å². The average molecular weight is 290 g/mol. The van der Waals surface area contributed by atoms with Gasteiger partial charge in [0.15, 0.2) is 0 Å². The maximum Gasteiger partial charge on any atom is 0.261 e. The Balaban J connectivity index is 2.24. The van der Waals surface area contributed by atoms with Crippen molar-refractivity contribution in [2.45, 2.75) is 32.7 Å². The highest BCUT2D eigenvalue weighted by Gasteiger charge is 2.40. The summed E-state index contributed by atoms with van der Waals surface area (Å²) in [6, 6.07) is 6.32. The number of benzene rings is 1. The van der Waals surface area contributed by atoms with Gasteiger partial charge < -0.3 is 0 Å². The van der Waals surface area contributed by atoms with Crippen molar-refractivity contribution in [3.63, 3.8) is 0 Å². The molecule has 0 saturated carbocycles. The summed E-state index contributed by atoms with van der Waals surface area (Å²) in [6.45, 7) is 3.79. The summed E-state index contributed by atoms with van der Waals surface area (Å²) in [5.41, 5.74) is 2.37. The van der Waals surface area contributed by atoms with Crippen LogP contribution in [0, 0.1) is 5.92 Å². The fourth-order valence-electron chi connectivity index (χ4n) is 2.60. The second-order valence-corrected chi connectivity index (χ2v) is 5.41. The van der Waals surface area contributed by atoms with E-state index in [0.717, 1.165) is 0 Å². The summed E-state index contributed by atoms with van der Waals surface area (Å²) in [5, 5.41) is 8.55. The molecule has 0 unspecified atom stereocenters. The highest BCUT2D eigenvalue weighted by Crippen LogP contribution is 2.28. The van der Waals surface area contributed by atoms with Crippen LogP contribution in [0.5, 0.6) is 0 Å². The van der Waals surface area contributed by atoms with Crippen molar-refractivity contribution < 1.29 is 19.6 Å². The number of nitrogens with zero attached hydrogens (tertiary/aromatic N) is 1. The molecule has 0 aliphatic carbocycles. The van der Waals surface area contributed by atoms with E-state index in [9.17, 15) is 14.4 Å². The second-order valence-electron chi connectivity index (χ2n) is 5.41. The van der Waals surface area contributed by atoms with Crippen molar-refractivity contribution >= 4 is 17.7 Å².